The molecule has 0 radical (unpaired) electrons. The molecule has 3 aromatic rings. The van der Waals surface area contributed by atoms with Gasteiger partial charge in [0.15, 0.2) is 5.78 Å². The lowest BCUT2D eigenvalue weighted by Crippen LogP contribution is -1.96. The molecule has 0 bridgehead atoms. The van der Waals surface area contributed by atoms with Crippen LogP contribution in [0.2, 0.25) is 0 Å². The lowest BCUT2D eigenvalue weighted by Gasteiger charge is -2.05. The number of nitrogens with zero attached hydrogens (tertiary/aromatic N) is 1. The van der Waals surface area contributed by atoms with Crippen LogP contribution in [0.3, 0.4) is 0 Å². The number of rotatable bonds is 3. The van der Waals surface area contributed by atoms with Gasteiger partial charge in [0.25, 0.3) is 0 Å². The average Bonchev–Trinajstić information content (AvgIpc) is 2.53. The molecule has 2 aromatic carbocycles. The molecule has 0 fully saturated rings. The van der Waals surface area contributed by atoms with Crippen LogP contribution in [0.15, 0.2) is 60.8 Å². The summed E-state index contributed by atoms with van der Waals surface area (Å²) in [5.74, 6) is 0.172. The topological polar surface area (TPSA) is 30.0 Å². The Balaban J connectivity index is 2.08. The van der Waals surface area contributed by atoms with Crippen molar-refractivity contribution in [3.05, 3.63) is 66.4 Å². The highest BCUT2D eigenvalue weighted by molar-refractivity contribution is 5.97. The van der Waals surface area contributed by atoms with Gasteiger partial charge in [-0.05, 0) is 29.3 Å². The first-order valence-corrected chi connectivity index (χ1v) is 6.76. The summed E-state index contributed by atoms with van der Waals surface area (Å²) in [6.45, 7) is 1.88. The van der Waals surface area contributed by atoms with E-state index in [0.717, 1.165) is 27.6 Å². The molecule has 98 valence electrons. The van der Waals surface area contributed by atoms with Gasteiger partial charge in [0, 0.05) is 23.6 Å². The van der Waals surface area contributed by atoms with E-state index in [1.165, 1.54) is 0 Å². The second-order valence-electron chi connectivity index (χ2n) is 4.77. The van der Waals surface area contributed by atoms with Crippen molar-refractivity contribution in [3.63, 3.8) is 0 Å². The molecule has 1 heterocycles. The summed E-state index contributed by atoms with van der Waals surface area (Å²) in [6, 6.07) is 17.9. The van der Waals surface area contributed by atoms with Crippen LogP contribution >= 0.6 is 0 Å². The van der Waals surface area contributed by atoms with Crippen LogP contribution in [0.1, 0.15) is 23.7 Å². The summed E-state index contributed by atoms with van der Waals surface area (Å²) in [4.78, 5) is 16.2. The third kappa shape index (κ3) is 2.32. The number of carbonyl (C=O) groups is 1. The number of fused-ring (bicyclic) bond motifs is 1. The van der Waals surface area contributed by atoms with E-state index < -0.39 is 0 Å². The Morgan fingerprint density at radius 3 is 2.70 bits per heavy atom. The third-order valence-electron chi connectivity index (χ3n) is 3.44. The first-order chi connectivity index (χ1) is 9.78. The summed E-state index contributed by atoms with van der Waals surface area (Å²) in [7, 11) is 0. The summed E-state index contributed by atoms with van der Waals surface area (Å²) < 4.78 is 0. The molecule has 20 heavy (non-hydrogen) atoms. The highest BCUT2D eigenvalue weighted by atomic mass is 16.1. The maximum absolute atomic E-state index is 11.8. The number of benzene rings is 2. The predicted molar refractivity (Wildman–Crippen MR) is 81.8 cm³/mol. The zero-order chi connectivity index (χ0) is 13.9. The minimum Gasteiger partial charge on any atom is -0.294 e. The zero-order valence-corrected chi connectivity index (χ0v) is 11.3. The van der Waals surface area contributed by atoms with Crippen molar-refractivity contribution in [2.24, 2.45) is 0 Å². The van der Waals surface area contributed by atoms with Gasteiger partial charge < -0.3 is 0 Å². The van der Waals surface area contributed by atoms with Crippen LogP contribution in [-0.4, -0.2) is 10.8 Å². The molecular weight excluding hydrogens is 246 g/mol. The molecule has 2 nitrogen and oxygen atoms in total. The molecule has 0 aliphatic carbocycles. The Morgan fingerprint density at radius 1 is 1.00 bits per heavy atom. The SMILES string of the molecule is CCC(=O)c1cccc(-c2ccc3cccnc3c2)c1. The van der Waals surface area contributed by atoms with E-state index in [-0.39, 0.29) is 5.78 Å². The lowest BCUT2D eigenvalue weighted by atomic mass is 9.99. The third-order valence-corrected chi connectivity index (χ3v) is 3.44. The van der Waals surface area contributed by atoms with Crippen LogP contribution in [0.5, 0.6) is 0 Å². The Hall–Kier alpha value is -2.48. The Bertz CT molecular complexity index is 777. The van der Waals surface area contributed by atoms with Crippen molar-refractivity contribution in [3.8, 4) is 11.1 Å². The van der Waals surface area contributed by atoms with Crippen LogP contribution < -0.4 is 0 Å². The lowest BCUT2D eigenvalue weighted by molar-refractivity contribution is 0.0988. The van der Waals surface area contributed by atoms with Gasteiger partial charge in [-0.2, -0.15) is 0 Å². The van der Waals surface area contributed by atoms with Crippen molar-refractivity contribution >= 4 is 16.7 Å². The minimum atomic E-state index is 0.172. The number of aromatic nitrogens is 1. The second kappa shape index (κ2) is 5.25. The number of hydrogen-bond acceptors (Lipinski definition) is 2. The van der Waals surface area contributed by atoms with E-state index in [1.54, 1.807) is 6.20 Å². The molecule has 0 spiro atoms. The predicted octanol–water partition coefficient (Wildman–Crippen LogP) is 4.49. The Kier molecular flexibility index (Phi) is 3.30. The molecule has 0 unspecified atom stereocenters. The summed E-state index contributed by atoms with van der Waals surface area (Å²) in [5, 5.41) is 1.12. The Morgan fingerprint density at radius 2 is 1.85 bits per heavy atom. The van der Waals surface area contributed by atoms with Gasteiger partial charge in [0.05, 0.1) is 5.52 Å². The van der Waals surface area contributed by atoms with Crippen molar-refractivity contribution < 1.29 is 4.79 Å². The molecular formula is C18H15NO. The average molecular weight is 261 g/mol. The molecule has 0 atom stereocenters. The fourth-order valence-electron chi connectivity index (χ4n) is 2.32. The summed E-state index contributed by atoms with van der Waals surface area (Å²) in [6.07, 6.45) is 2.33. The van der Waals surface area contributed by atoms with Crippen molar-refractivity contribution in [1.82, 2.24) is 4.98 Å². The number of carbonyl (C=O) groups excluding carboxylic acids is 1. The molecule has 0 saturated heterocycles. The number of hydrogen-bond donors (Lipinski definition) is 0. The van der Waals surface area contributed by atoms with E-state index in [0.29, 0.717) is 6.42 Å². The first-order valence-electron chi connectivity index (χ1n) is 6.76. The fraction of sp³-hybridized carbons (Fsp3) is 0.111. The first kappa shape index (κ1) is 12.5. The van der Waals surface area contributed by atoms with Crippen LogP contribution in [0, 0.1) is 0 Å². The van der Waals surface area contributed by atoms with Gasteiger partial charge in [-0.1, -0.05) is 43.3 Å². The summed E-state index contributed by atoms with van der Waals surface area (Å²) >= 11 is 0. The standard InChI is InChI=1S/C18H15NO/c1-2-18(20)16-6-3-5-14(11-16)15-9-8-13-7-4-10-19-17(13)12-15/h3-12H,2H2,1H3. The van der Waals surface area contributed by atoms with Gasteiger partial charge in [-0.25, -0.2) is 0 Å². The molecule has 2 heteroatoms. The van der Waals surface area contributed by atoms with Gasteiger partial charge in [0.2, 0.25) is 0 Å². The molecule has 1 aromatic heterocycles. The van der Waals surface area contributed by atoms with Crippen LogP contribution in [0.25, 0.3) is 22.0 Å². The van der Waals surface area contributed by atoms with Gasteiger partial charge in [0.1, 0.15) is 0 Å². The van der Waals surface area contributed by atoms with Crippen molar-refractivity contribution in [2.75, 3.05) is 0 Å². The highest BCUT2D eigenvalue weighted by Crippen LogP contribution is 2.24. The smallest absolute Gasteiger partial charge is 0.162 e. The number of ketones is 1. The molecule has 0 saturated carbocycles. The monoisotopic (exact) mass is 261 g/mol. The second-order valence-corrected chi connectivity index (χ2v) is 4.77. The Labute approximate surface area is 118 Å². The number of Topliss-reactive ketones (excluding diaryl/α,β-unsaturated/α-hetero) is 1. The molecule has 3 rings (SSSR count). The zero-order valence-electron chi connectivity index (χ0n) is 11.3. The van der Waals surface area contributed by atoms with E-state index in [9.17, 15) is 4.79 Å². The van der Waals surface area contributed by atoms with Gasteiger partial charge >= 0.3 is 0 Å². The van der Waals surface area contributed by atoms with Crippen molar-refractivity contribution in [1.29, 1.82) is 0 Å². The fourth-order valence-corrected chi connectivity index (χ4v) is 2.32. The molecule has 0 N–H and O–H groups in total. The quantitative estimate of drug-likeness (QED) is 0.650. The minimum absolute atomic E-state index is 0.172. The van der Waals surface area contributed by atoms with Gasteiger partial charge in [-0.15, -0.1) is 0 Å². The summed E-state index contributed by atoms with van der Waals surface area (Å²) in [5.41, 5.74) is 3.88. The molecule has 0 aliphatic heterocycles. The van der Waals surface area contributed by atoms with E-state index in [1.807, 2.05) is 43.3 Å². The normalized spacial score (nSPS) is 10.7. The molecule has 0 amide bonds. The van der Waals surface area contributed by atoms with E-state index in [4.69, 9.17) is 0 Å². The maximum atomic E-state index is 11.8. The van der Waals surface area contributed by atoms with Crippen LogP contribution in [-0.2, 0) is 0 Å². The van der Waals surface area contributed by atoms with Gasteiger partial charge in [-0.3, -0.25) is 9.78 Å². The van der Waals surface area contributed by atoms with E-state index in [2.05, 4.69) is 23.2 Å². The highest BCUT2D eigenvalue weighted by Gasteiger charge is 2.05. The van der Waals surface area contributed by atoms with Crippen LogP contribution in [0.4, 0.5) is 0 Å². The van der Waals surface area contributed by atoms with E-state index >= 15 is 0 Å². The maximum Gasteiger partial charge on any atom is 0.162 e. The molecule has 0 aliphatic rings. The largest absolute Gasteiger partial charge is 0.294 e. The number of pyridine rings is 1. The van der Waals surface area contributed by atoms with Crippen molar-refractivity contribution in [2.45, 2.75) is 13.3 Å².